The van der Waals surface area contributed by atoms with Crippen molar-refractivity contribution >= 4 is 5.97 Å². The highest BCUT2D eigenvalue weighted by atomic mass is 16.7. The average molecular weight is 256 g/mol. The number of carbonyl (C=O) groups is 1. The summed E-state index contributed by atoms with van der Waals surface area (Å²) in [5.41, 5.74) is 0.538. The Morgan fingerprint density at radius 2 is 1.78 bits per heavy atom. The van der Waals surface area contributed by atoms with Crippen molar-refractivity contribution in [1.82, 2.24) is 10.6 Å². The quantitative estimate of drug-likeness (QED) is 0.557. The number of esters is 1. The third-order valence-electron chi connectivity index (χ3n) is 2.55. The van der Waals surface area contributed by atoms with E-state index < -0.39 is 5.79 Å². The first kappa shape index (κ1) is 14.8. The summed E-state index contributed by atoms with van der Waals surface area (Å²) < 4.78 is 10.7. The molecule has 2 N–H and O–H groups in total. The van der Waals surface area contributed by atoms with E-state index in [0.717, 1.165) is 31.8 Å². The molecule has 0 aromatic heterocycles. The van der Waals surface area contributed by atoms with Gasteiger partial charge in [-0.25, -0.2) is 4.79 Å². The summed E-state index contributed by atoms with van der Waals surface area (Å²) in [5.74, 6) is -0.408. The maximum absolute atomic E-state index is 11.9. The molecule has 0 aromatic rings. The smallest absolute Gasteiger partial charge is 0.342 e. The molecule has 0 aliphatic carbocycles. The van der Waals surface area contributed by atoms with Crippen molar-refractivity contribution in [3.8, 4) is 0 Å². The Kier molecular flexibility index (Phi) is 5.47. The molecule has 0 amide bonds. The van der Waals surface area contributed by atoms with Crippen LogP contribution in [0.5, 0.6) is 0 Å². The predicted octanol–water partition coefficient (Wildman–Crippen LogP) is 1.51. The van der Waals surface area contributed by atoms with Gasteiger partial charge in [-0.1, -0.05) is 13.8 Å². The first-order chi connectivity index (χ1) is 8.50. The minimum atomic E-state index is -0.832. The minimum Gasteiger partial charge on any atom is -0.430 e. The van der Waals surface area contributed by atoms with E-state index >= 15 is 0 Å². The van der Waals surface area contributed by atoms with Crippen LogP contribution in [0.2, 0.25) is 0 Å². The molecule has 18 heavy (non-hydrogen) atoms. The third kappa shape index (κ3) is 4.22. The van der Waals surface area contributed by atoms with Crippen molar-refractivity contribution in [3.05, 3.63) is 11.4 Å². The van der Waals surface area contributed by atoms with Crippen molar-refractivity contribution in [2.45, 2.75) is 46.3 Å². The van der Waals surface area contributed by atoms with Gasteiger partial charge in [0.25, 0.3) is 0 Å². The molecule has 5 nitrogen and oxygen atoms in total. The van der Waals surface area contributed by atoms with E-state index in [4.69, 9.17) is 9.47 Å². The second-order valence-corrected chi connectivity index (χ2v) is 4.79. The molecule has 104 valence electrons. The largest absolute Gasteiger partial charge is 0.430 e. The maximum atomic E-state index is 11.9. The Morgan fingerprint density at radius 1 is 1.22 bits per heavy atom. The van der Waals surface area contributed by atoms with Gasteiger partial charge >= 0.3 is 5.97 Å². The molecule has 5 heteroatoms. The predicted molar refractivity (Wildman–Crippen MR) is 69.7 cm³/mol. The molecule has 0 atom stereocenters. The van der Waals surface area contributed by atoms with E-state index in [9.17, 15) is 4.79 Å². The summed E-state index contributed by atoms with van der Waals surface area (Å²) in [6.45, 7) is 9.52. The van der Waals surface area contributed by atoms with Crippen LogP contribution in [0.25, 0.3) is 0 Å². The number of cyclic esters (lactones) is 1. The summed E-state index contributed by atoms with van der Waals surface area (Å²) >= 11 is 0. The molecule has 0 bridgehead atoms. The Labute approximate surface area is 109 Å². The first-order valence-electron chi connectivity index (χ1n) is 6.58. The van der Waals surface area contributed by atoms with Gasteiger partial charge in [0.2, 0.25) is 5.79 Å². The number of rotatable bonds is 6. The standard InChI is InChI=1S/C13H24N2O3/c1-5-7-14-11(15-8-6-2)10-9-17-13(3,4)18-12(10)16/h14-15H,5-9H2,1-4H3. The number of hydrogen-bond acceptors (Lipinski definition) is 5. The van der Waals surface area contributed by atoms with Crippen LogP contribution >= 0.6 is 0 Å². The number of carbonyl (C=O) groups excluding carboxylic acids is 1. The summed E-state index contributed by atoms with van der Waals surface area (Å²) in [4.78, 5) is 11.9. The zero-order valence-corrected chi connectivity index (χ0v) is 11.8. The lowest BCUT2D eigenvalue weighted by Crippen LogP contribution is -2.42. The van der Waals surface area contributed by atoms with Crippen molar-refractivity contribution in [2.75, 3.05) is 19.7 Å². The van der Waals surface area contributed by atoms with E-state index in [2.05, 4.69) is 24.5 Å². The van der Waals surface area contributed by atoms with Crippen LogP contribution in [-0.4, -0.2) is 31.5 Å². The van der Waals surface area contributed by atoms with E-state index in [0.29, 0.717) is 5.57 Å². The van der Waals surface area contributed by atoms with E-state index in [-0.39, 0.29) is 12.6 Å². The van der Waals surface area contributed by atoms with Gasteiger partial charge in [0.05, 0.1) is 6.61 Å². The fourth-order valence-electron chi connectivity index (χ4n) is 1.57. The molecule has 1 saturated heterocycles. The lowest BCUT2D eigenvalue weighted by molar-refractivity contribution is -0.224. The maximum Gasteiger partial charge on any atom is 0.342 e. The number of ether oxygens (including phenoxy) is 2. The van der Waals surface area contributed by atoms with Crippen molar-refractivity contribution in [2.24, 2.45) is 0 Å². The Bertz CT molecular complexity index is 314. The van der Waals surface area contributed by atoms with Crippen LogP contribution in [0.1, 0.15) is 40.5 Å². The van der Waals surface area contributed by atoms with Gasteiger partial charge in [0.1, 0.15) is 11.4 Å². The van der Waals surface area contributed by atoms with Gasteiger partial charge < -0.3 is 20.1 Å². The van der Waals surface area contributed by atoms with Gasteiger partial charge in [0.15, 0.2) is 0 Å². The van der Waals surface area contributed by atoms with E-state index in [1.54, 1.807) is 13.8 Å². The summed E-state index contributed by atoms with van der Waals surface area (Å²) in [6, 6.07) is 0. The van der Waals surface area contributed by atoms with Crippen molar-refractivity contribution in [1.29, 1.82) is 0 Å². The molecule has 1 heterocycles. The summed E-state index contributed by atoms with van der Waals surface area (Å²) in [6.07, 6.45) is 1.98. The zero-order chi connectivity index (χ0) is 13.6. The zero-order valence-electron chi connectivity index (χ0n) is 11.8. The van der Waals surface area contributed by atoms with Crippen LogP contribution in [0.3, 0.4) is 0 Å². The molecule has 1 aliphatic heterocycles. The second kappa shape index (κ2) is 6.64. The molecular weight excluding hydrogens is 232 g/mol. The highest BCUT2D eigenvalue weighted by Crippen LogP contribution is 2.22. The van der Waals surface area contributed by atoms with Gasteiger partial charge in [0, 0.05) is 26.9 Å². The van der Waals surface area contributed by atoms with Crippen LogP contribution in [0.15, 0.2) is 11.4 Å². The first-order valence-corrected chi connectivity index (χ1v) is 6.58. The molecule has 1 fully saturated rings. The van der Waals surface area contributed by atoms with E-state index in [1.807, 2.05) is 0 Å². The van der Waals surface area contributed by atoms with Crippen LogP contribution < -0.4 is 10.6 Å². The highest BCUT2D eigenvalue weighted by Gasteiger charge is 2.33. The molecule has 0 saturated carbocycles. The van der Waals surface area contributed by atoms with Crippen LogP contribution in [0, 0.1) is 0 Å². The van der Waals surface area contributed by atoms with Crippen LogP contribution in [0.4, 0.5) is 0 Å². The fraction of sp³-hybridized carbons (Fsp3) is 0.769. The van der Waals surface area contributed by atoms with Crippen molar-refractivity contribution in [3.63, 3.8) is 0 Å². The van der Waals surface area contributed by atoms with Gasteiger partial charge in [-0.05, 0) is 12.8 Å². The fourth-order valence-corrected chi connectivity index (χ4v) is 1.57. The average Bonchev–Trinajstić information content (AvgIpc) is 2.29. The topological polar surface area (TPSA) is 59.6 Å². The van der Waals surface area contributed by atoms with Crippen LogP contribution in [-0.2, 0) is 14.3 Å². The third-order valence-corrected chi connectivity index (χ3v) is 2.55. The number of hydrogen-bond donors (Lipinski definition) is 2. The molecule has 0 aromatic carbocycles. The highest BCUT2D eigenvalue weighted by molar-refractivity contribution is 5.90. The SMILES string of the molecule is CCCNC(NCCC)=C1COC(C)(C)OC1=O. The van der Waals surface area contributed by atoms with Gasteiger partial charge in [-0.2, -0.15) is 0 Å². The summed E-state index contributed by atoms with van der Waals surface area (Å²) in [5, 5.41) is 6.44. The van der Waals surface area contributed by atoms with Gasteiger partial charge in [-0.3, -0.25) is 0 Å². The second-order valence-electron chi connectivity index (χ2n) is 4.79. The molecule has 0 spiro atoms. The summed E-state index contributed by atoms with van der Waals surface area (Å²) in [7, 11) is 0. The molecule has 1 aliphatic rings. The Hall–Kier alpha value is -1.23. The monoisotopic (exact) mass is 256 g/mol. The lowest BCUT2D eigenvalue weighted by Gasteiger charge is -2.32. The number of nitrogens with one attached hydrogen (secondary N) is 2. The van der Waals surface area contributed by atoms with E-state index in [1.165, 1.54) is 0 Å². The minimum absolute atomic E-state index is 0.272. The lowest BCUT2D eigenvalue weighted by atomic mass is 10.2. The molecular formula is C13H24N2O3. The Balaban J connectivity index is 2.79. The molecule has 0 unspecified atom stereocenters. The Morgan fingerprint density at radius 3 is 2.22 bits per heavy atom. The molecule has 0 radical (unpaired) electrons. The molecule has 1 rings (SSSR count). The normalized spacial score (nSPS) is 18.2. The van der Waals surface area contributed by atoms with Gasteiger partial charge in [-0.15, -0.1) is 0 Å². The van der Waals surface area contributed by atoms with Crippen molar-refractivity contribution < 1.29 is 14.3 Å².